The Morgan fingerprint density at radius 3 is 2.33 bits per heavy atom. The van der Waals surface area contributed by atoms with Crippen molar-refractivity contribution in [1.82, 2.24) is 20.4 Å². The molecule has 3 aromatic rings. The predicted molar refractivity (Wildman–Crippen MR) is 118 cm³/mol. The number of methoxy groups -OCH3 is 2. The Kier molecular flexibility index (Phi) is 7.60. The number of esters is 1. The lowest BCUT2D eigenvalue weighted by Gasteiger charge is -2.22. The van der Waals surface area contributed by atoms with Gasteiger partial charge in [0.05, 0.1) is 14.2 Å². The molecule has 2 atom stereocenters. The summed E-state index contributed by atoms with van der Waals surface area (Å²) in [6.07, 6.45) is 2.42. The number of rotatable bonds is 9. The number of benzene rings is 1. The highest BCUT2D eigenvalue weighted by Crippen LogP contribution is 2.24. The third-order valence-corrected chi connectivity index (χ3v) is 4.82. The normalized spacial score (nSPS) is 12.7. The fourth-order valence-electron chi connectivity index (χ4n) is 2.97. The maximum atomic E-state index is 12.9. The summed E-state index contributed by atoms with van der Waals surface area (Å²) in [6, 6.07) is 7.40. The molecule has 0 aliphatic heterocycles. The highest BCUT2D eigenvalue weighted by Gasteiger charge is 2.29. The summed E-state index contributed by atoms with van der Waals surface area (Å²) < 4.78 is 21.2. The SMILES string of the molecule is COc1cc(OC)cc(C(=O)N[C@H](C(=O)OC(C)c2nc(-c3cccnc3)no2)C(C)C)c1. The van der Waals surface area contributed by atoms with Crippen molar-refractivity contribution in [3.63, 3.8) is 0 Å². The second-order valence-electron chi connectivity index (χ2n) is 7.57. The molecule has 0 bridgehead atoms. The van der Waals surface area contributed by atoms with Gasteiger partial charge in [-0.3, -0.25) is 9.78 Å². The van der Waals surface area contributed by atoms with Gasteiger partial charge in [0.25, 0.3) is 11.8 Å². The molecule has 174 valence electrons. The molecule has 2 aromatic heterocycles. The van der Waals surface area contributed by atoms with Gasteiger partial charge in [0.1, 0.15) is 17.5 Å². The molecule has 0 spiro atoms. The highest BCUT2D eigenvalue weighted by atomic mass is 16.6. The number of carbonyl (C=O) groups is 2. The second-order valence-corrected chi connectivity index (χ2v) is 7.57. The fourth-order valence-corrected chi connectivity index (χ4v) is 2.97. The minimum absolute atomic E-state index is 0.133. The van der Waals surface area contributed by atoms with Crippen LogP contribution in [0.25, 0.3) is 11.4 Å². The number of hydrogen-bond donors (Lipinski definition) is 1. The van der Waals surface area contributed by atoms with Gasteiger partial charge < -0.3 is 24.1 Å². The van der Waals surface area contributed by atoms with Crippen LogP contribution in [0, 0.1) is 5.92 Å². The number of amides is 1. The molecule has 0 saturated heterocycles. The van der Waals surface area contributed by atoms with E-state index < -0.39 is 24.0 Å². The summed E-state index contributed by atoms with van der Waals surface area (Å²) in [5.74, 6) is 0.0502. The van der Waals surface area contributed by atoms with E-state index in [-0.39, 0.29) is 17.4 Å². The molecular formula is C23H26N4O6. The van der Waals surface area contributed by atoms with Crippen LogP contribution in [0.1, 0.15) is 43.1 Å². The van der Waals surface area contributed by atoms with Gasteiger partial charge >= 0.3 is 5.97 Å². The van der Waals surface area contributed by atoms with Crippen LogP contribution in [-0.4, -0.2) is 47.3 Å². The van der Waals surface area contributed by atoms with E-state index in [1.54, 1.807) is 63.5 Å². The molecule has 10 nitrogen and oxygen atoms in total. The van der Waals surface area contributed by atoms with Crippen LogP contribution < -0.4 is 14.8 Å². The van der Waals surface area contributed by atoms with Crippen LogP contribution in [0.15, 0.2) is 47.2 Å². The first kappa shape index (κ1) is 23.7. The van der Waals surface area contributed by atoms with Gasteiger partial charge in [-0.1, -0.05) is 19.0 Å². The molecule has 10 heteroatoms. The van der Waals surface area contributed by atoms with Crippen LogP contribution in [0.5, 0.6) is 11.5 Å². The largest absolute Gasteiger partial charge is 0.497 e. The molecular weight excluding hydrogens is 428 g/mol. The van der Waals surface area contributed by atoms with Crippen LogP contribution in [0.3, 0.4) is 0 Å². The quantitative estimate of drug-likeness (QED) is 0.485. The molecule has 0 aliphatic rings. The maximum absolute atomic E-state index is 12.9. The second kappa shape index (κ2) is 10.6. The molecule has 1 amide bonds. The van der Waals surface area contributed by atoms with Crippen LogP contribution in [-0.2, 0) is 9.53 Å². The van der Waals surface area contributed by atoms with Crippen molar-refractivity contribution in [2.45, 2.75) is 32.9 Å². The zero-order chi connectivity index (χ0) is 24.0. The Morgan fingerprint density at radius 1 is 1.06 bits per heavy atom. The number of ether oxygens (including phenoxy) is 3. The maximum Gasteiger partial charge on any atom is 0.329 e. The monoisotopic (exact) mass is 454 g/mol. The van der Waals surface area contributed by atoms with Gasteiger partial charge in [-0.25, -0.2) is 4.79 Å². The lowest BCUT2D eigenvalue weighted by molar-refractivity contribution is -0.153. The van der Waals surface area contributed by atoms with Crippen molar-refractivity contribution in [1.29, 1.82) is 0 Å². The molecule has 1 N–H and O–H groups in total. The Bertz CT molecular complexity index is 1080. The van der Waals surface area contributed by atoms with Gasteiger partial charge in [0, 0.05) is 29.6 Å². The lowest BCUT2D eigenvalue weighted by atomic mass is 10.0. The summed E-state index contributed by atoms with van der Waals surface area (Å²) >= 11 is 0. The molecule has 33 heavy (non-hydrogen) atoms. The first-order valence-electron chi connectivity index (χ1n) is 10.3. The third kappa shape index (κ3) is 5.85. The number of nitrogens with one attached hydrogen (secondary N) is 1. The van der Waals surface area contributed by atoms with Crippen LogP contribution in [0.2, 0.25) is 0 Å². The number of aromatic nitrogens is 3. The van der Waals surface area contributed by atoms with E-state index >= 15 is 0 Å². The smallest absolute Gasteiger partial charge is 0.329 e. The lowest BCUT2D eigenvalue weighted by Crippen LogP contribution is -2.45. The fraction of sp³-hybridized carbons (Fsp3) is 0.348. The van der Waals surface area contributed by atoms with E-state index in [2.05, 4.69) is 20.4 Å². The summed E-state index contributed by atoms with van der Waals surface area (Å²) in [6.45, 7) is 5.22. The van der Waals surface area contributed by atoms with Crippen molar-refractivity contribution in [2.75, 3.05) is 14.2 Å². The van der Waals surface area contributed by atoms with Crippen LogP contribution >= 0.6 is 0 Å². The van der Waals surface area contributed by atoms with E-state index in [9.17, 15) is 9.59 Å². The topological polar surface area (TPSA) is 126 Å². The van der Waals surface area contributed by atoms with Crippen LogP contribution in [0.4, 0.5) is 0 Å². The molecule has 1 aromatic carbocycles. The standard InChI is InChI=1S/C23H26N4O6/c1-13(2)19(25-21(28)16-9-17(30-4)11-18(10-16)31-5)23(29)32-14(3)22-26-20(27-33-22)15-7-6-8-24-12-15/h6-14,19H,1-5H3,(H,25,28)/t14?,19-/m0/s1. The van der Waals surface area contributed by atoms with E-state index in [4.69, 9.17) is 18.7 Å². The van der Waals surface area contributed by atoms with Crippen molar-refractivity contribution in [2.24, 2.45) is 5.92 Å². The van der Waals surface area contributed by atoms with E-state index in [1.807, 2.05) is 0 Å². The average Bonchev–Trinajstić information content (AvgIpc) is 3.32. The minimum Gasteiger partial charge on any atom is -0.497 e. The summed E-state index contributed by atoms with van der Waals surface area (Å²) in [5.41, 5.74) is 0.961. The van der Waals surface area contributed by atoms with E-state index in [0.29, 0.717) is 22.9 Å². The Labute approximate surface area is 191 Å². The minimum atomic E-state index is -0.905. The molecule has 0 radical (unpaired) electrons. The number of hydrogen-bond acceptors (Lipinski definition) is 9. The third-order valence-electron chi connectivity index (χ3n) is 4.82. The van der Waals surface area contributed by atoms with Crippen molar-refractivity contribution in [3.05, 3.63) is 54.2 Å². The zero-order valence-electron chi connectivity index (χ0n) is 19.1. The number of pyridine rings is 1. The molecule has 0 aliphatic carbocycles. The molecule has 1 unspecified atom stereocenters. The van der Waals surface area contributed by atoms with Gasteiger partial charge in [-0.2, -0.15) is 4.98 Å². The summed E-state index contributed by atoms with van der Waals surface area (Å²) in [4.78, 5) is 34.0. The number of nitrogens with zero attached hydrogens (tertiary/aromatic N) is 3. The predicted octanol–water partition coefficient (Wildman–Crippen LogP) is 3.21. The summed E-state index contributed by atoms with van der Waals surface area (Å²) in [5, 5.41) is 6.63. The van der Waals surface area contributed by atoms with Gasteiger partial charge in [-0.15, -0.1) is 0 Å². The Hall–Kier alpha value is -3.95. The van der Waals surface area contributed by atoms with Gasteiger partial charge in [0.2, 0.25) is 5.82 Å². The average molecular weight is 454 g/mol. The molecule has 2 heterocycles. The van der Waals surface area contributed by atoms with Crippen molar-refractivity contribution >= 4 is 11.9 Å². The first-order chi connectivity index (χ1) is 15.8. The van der Waals surface area contributed by atoms with E-state index in [1.165, 1.54) is 14.2 Å². The van der Waals surface area contributed by atoms with Gasteiger partial charge in [-0.05, 0) is 37.1 Å². The molecule has 3 rings (SSSR count). The van der Waals surface area contributed by atoms with Crippen molar-refractivity contribution in [3.8, 4) is 22.9 Å². The van der Waals surface area contributed by atoms with Crippen molar-refractivity contribution < 1.29 is 28.3 Å². The Balaban J connectivity index is 1.70. The Morgan fingerprint density at radius 2 is 1.76 bits per heavy atom. The van der Waals surface area contributed by atoms with Gasteiger partial charge in [0.15, 0.2) is 6.10 Å². The molecule has 0 fully saturated rings. The number of carbonyl (C=O) groups excluding carboxylic acids is 2. The molecule has 0 saturated carbocycles. The summed E-state index contributed by atoms with van der Waals surface area (Å²) in [7, 11) is 2.98. The van der Waals surface area contributed by atoms with E-state index in [0.717, 1.165) is 0 Å². The zero-order valence-corrected chi connectivity index (χ0v) is 19.1. The highest BCUT2D eigenvalue weighted by molar-refractivity contribution is 5.97. The first-order valence-corrected chi connectivity index (χ1v) is 10.3.